The summed E-state index contributed by atoms with van der Waals surface area (Å²) < 4.78 is 24.4. The molecule has 1 amide bonds. The van der Waals surface area contributed by atoms with E-state index in [0.29, 0.717) is 23.8 Å². The molecule has 36 heavy (non-hydrogen) atoms. The van der Waals surface area contributed by atoms with Crippen LogP contribution < -0.4 is 14.8 Å². The monoisotopic (exact) mass is 492 g/mol. The van der Waals surface area contributed by atoms with Crippen LogP contribution in [-0.2, 0) is 0 Å². The lowest BCUT2D eigenvalue weighted by molar-refractivity contribution is 0.0919. The van der Waals surface area contributed by atoms with Gasteiger partial charge in [0.25, 0.3) is 5.91 Å². The number of rotatable bonds is 7. The van der Waals surface area contributed by atoms with Crippen molar-refractivity contribution in [2.24, 2.45) is 11.8 Å². The van der Waals surface area contributed by atoms with Gasteiger partial charge in [-0.05, 0) is 124 Å². The predicted molar refractivity (Wildman–Crippen MR) is 140 cm³/mol. The number of allylic oxidation sites excluding steroid dienone is 1. The fourth-order valence-electron chi connectivity index (χ4n) is 6.01. The molecule has 0 spiro atoms. The molecule has 5 nitrogen and oxygen atoms in total. The molecule has 3 aliphatic rings. The summed E-state index contributed by atoms with van der Waals surface area (Å²) >= 11 is 0. The molecule has 2 aliphatic heterocycles. The molecule has 2 aromatic rings. The molecule has 1 aliphatic carbocycles. The first-order chi connectivity index (χ1) is 17.6. The van der Waals surface area contributed by atoms with E-state index < -0.39 is 0 Å². The number of nitrogens with zero attached hydrogens (tertiary/aromatic N) is 1. The fraction of sp³-hybridized carbons (Fsp3) is 0.500. The Morgan fingerprint density at radius 1 is 1.06 bits per heavy atom. The number of hydrogen-bond donors (Lipinski definition) is 1. The molecule has 1 saturated carbocycles. The maximum atomic E-state index is 13.6. The van der Waals surface area contributed by atoms with Gasteiger partial charge >= 0.3 is 0 Å². The summed E-state index contributed by atoms with van der Waals surface area (Å²) in [6.45, 7) is 3.93. The second-order valence-corrected chi connectivity index (χ2v) is 10.4. The summed E-state index contributed by atoms with van der Waals surface area (Å²) in [6.07, 6.45) is 10.2. The van der Waals surface area contributed by atoms with E-state index in [4.69, 9.17) is 9.47 Å². The zero-order valence-corrected chi connectivity index (χ0v) is 21.2. The zero-order chi connectivity index (χ0) is 24.9. The molecule has 0 bridgehead atoms. The smallest absolute Gasteiger partial charge is 0.251 e. The molecular weight excluding hydrogens is 455 g/mol. The van der Waals surface area contributed by atoms with E-state index in [1.807, 2.05) is 30.3 Å². The lowest BCUT2D eigenvalue weighted by Gasteiger charge is -2.36. The molecule has 192 valence electrons. The maximum Gasteiger partial charge on any atom is 0.251 e. The van der Waals surface area contributed by atoms with Crippen molar-refractivity contribution in [3.8, 4) is 11.5 Å². The summed E-state index contributed by atoms with van der Waals surface area (Å²) in [6, 6.07) is 12.5. The summed E-state index contributed by atoms with van der Waals surface area (Å²) in [7, 11) is 1.63. The number of piperidine rings is 1. The summed E-state index contributed by atoms with van der Waals surface area (Å²) in [5, 5.41) is 3.22. The Morgan fingerprint density at radius 2 is 1.81 bits per heavy atom. The number of benzene rings is 2. The van der Waals surface area contributed by atoms with Crippen molar-refractivity contribution in [3.63, 3.8) is 0 Å². The zero-order valence-electron chi connectivity index (χ0n) is 21.2. The van der Waals surface area contributed by atoms with Gasteiger partial charge in [0.1, 0.15) is 23.9 Å². The molecule has 0 aromatic heterocycles. The molecule has 2 fully saturated rings. The van der Waals surface area contributed by atoms with Crippen molar-refractivity contribution in [2.45, 2.75) is 51.0 Å². The third-order valence-electron chi connectivity index (χ3n) is 8.21. The third kappa shape index (κ3) is 5.92. The van der Waals surface area contributed by atoms with E-state index in [2.05, 4.69) is 16.3 Å². The summed E-state index contributed by atoms with van der Waals surface area (Å²) in [5.74, 6) is 2.50. The van der Waals surface area contributed by atoms with Crippen LogP contribution in [0.2, 0.25) is 0 Å². The predicted octanol–water partition coefficient (Wildman–Crippen LogP) is 5.70. The average molecular weight is 493 g/mol. The minimum absolute atomic E-state index is 0.0105. The highest BCUT2D eigenvalue weighted by atomic mass is 19.1. The Balaban J connectivity index is 1.02. The molecule has 0 radical (unpaired) electrons. The summed E-state index contributed by atoms with van der Waals surface area (Å²) in [5.41, 5.74) is 3.09. The first-order valence-electron chi connectivity index (χ1n) is 13.4. The average Bonchev–Trinajstić information content (AvgIpc) is 2.92. The van der Waals surface area contributed by atoms with Gasteiger partial charge in [0.15, 0.2) is 0 Å². The maximum absolute atomic E-state index is 13.6. The number of carbonyl (C=O) groups excluding carboxylic acids is 1. The number of fused-ring (bicyclic) bond motifs is 1. The van der Waals surface area contributed by atoms with E-state index in [1.54, 1.807) is 7.11 Å². The topological polar surface area (TPSA) is 50.8 Å². The van der Waals surface area contributed by atoms with Crippen molar-refractivity contribution >= 4 is 11.5 Å². The fourth-order valence-corrected chi connectivity index (χ4v) is 6.01. The molecule has 2 heterocycles. The van der Waals surface area contributed by atoms with Crippen molar-refractivity contribution in [1.82, 2.24) is 10.2 Å². The molecule has 0 atom stereocenters. The summed E-state index contributed by atoms with van der Waals surface area (Å²) in [4.78, 5) is 15.2. The van der Waals surface area contributed by atoms with E-state index in [0.717, 1.165) is 62.5 Å². The standard InChI is InChI=1S/C30H37FN2O3/c1-35-26-9-4-23(5-10-26)30(34)32-25-7-2-21(3-8-25)12-16-33-17-13-22(14-18-33)27-15-19-36-29-20-24(31)6-11-28(27)29/h4-6,9-11,15,20-22,25H,2-3,7-8,12-14,16-19H2,1H3,(H,32,34). The van der Waals surface area contributed by atoms with Gasteiger partial charge in [-0.1, -0.05) is 0 Å². The van der Waals surface area contributed by atoms with E-state index >= 15 is 0 Å². The van der Waals surface area contributed by atoms with Crippen LogP contribution in [0.5, 0.6) is 11.5 Å². The number of carbonyl (C=O) groups is 1. The lowest BCUT2D eigenvalue weighted by atomic mass is 9.82. The first-order valence-corrected chi connectivity index (χ1v) is 13.4. The molecule has 1 N–H and O–H groups in total. The van der Waals surface area contributed by atoms with Crippen LogP contribution in [0.3, 0.4) is 0 Å². The number of hydrogen-bond acceptors (Lipinski definition) is 4. The van der Waals surface area contributed by atoms with Gasteiger partial charge in [0.2, 0.25) is 0 Å². The van der Waals surface area contributed by atoms with E-state index in [1.165, 1.54) is 37.0 Å². The molecule has 6 heteroatoms. The van der Waals surface area contributed by atoms with Gasteiger partial charge in [-0.15, -0.1) is 0 Å². The Kier molecular flexibility index (Phi) is 7.90. The highest BCUT2D eigenvalue weighted by molar-refractivity contribution is 5.94. The molecule has 5 rings (SSSR count). The van der Waals surface area contributed by atoms with Crippen molar-refractivity contribution < 1.29 is 18.7 Å². The number of ether oxygens (including phenoxy) is 2. The minimum Gasteiger partial charge on any atom is -0.497 e. The molecule has 0 unspecified atom stereocenters. The highest BCUT2D eigenvalue weighted by Gasteiger charge is 2.28. The number of halogens is 1. The van der Waals surface area contributed by atoms with Crippen molar-refractivity contribution in [2.75, 3.05) is 33.4 Å². The molecule has 1 saturated heterocycles. The van der Waals surface area contributed by atoms with Gasteiger partial charge in [-0.3, -0.25) is 4.79 Å². The van der Waals surface area contributed by atoms with Crippen LogP contribution in [0.1, 0.15) is 60.9 Å². The van der Waals surface area contributed by atoms with Crippen molar-refractivity contribution in [1.29, 1.82) is 0 Å². The highest BCUT2D eigenvalue weighted by Crippen LogP contribution is 2.39. The Bertz CT molecular complexity index is 1070. The van der Waals surface area contributed by atoms with Crippen LogP contribution in [0.15, 0.2) is 48.5 Å². The van der Waals surface area contributed by atoms with E-state index in [-0.39, 0.29) is 17.8 Å². The number of likely N-dealkylation sites (tertiary alicyclic amines) is 1. The SMILES string of the molecule is COc1ccc(C(=O)NC2CCC(CCN3CCC(C4=CCOc5cc(F)ccc54)CC3)CC2)cc1. The van der Waals surface area contributed by atoms with Gasteiger partial charge in [0.05, 0.1) is 7.11 Å². The van der Waals surface area contributed by atoms with E-state index in [9.17, 15) is 9.18 Å². The quantitative estimate of drug-likeness (QED) is 0.539. The lowest BCUT2D eigenvalue weighted by Crippen LogP contribution is -2.39. The molecule has 2 aromatic carbocycles. The Labute approximate surface area is 213 Å². The largest absolute Gasteiger partial charge is 0.497 e. The normalized spacial score (nSPS) is 22.8. The van der Waals surface area contributed by atoms with Gasteiger partial charge in [0, 0.05) is 23.2 Å². The second kappa shape index (κ2) is 11.5. The van der Waals surface area contributed by atoms with Gasteiger partial charge < -0.3 is 19.7 Å². The van der Waals surface area contributed by atoms with Crippen LogP contribution in [0.4, 0.5) is 4.39 Å². The number of amides is 1. The van der Waals surface area contributed by atoms with Gasteiger partial charge in [-0.2, -0.15) is 0 Å². The van der Waals surface area contributed by atoms with Crippen LogP contribution in [-0.4, -0.2) is 50.2 Å². The third-order valence-corrected chi connectivity index (χ3v) is 8.21. The second-order valence-electron chi connectivity index (χ2n) is 10.4. The first kappa shape index (κ1) is 24.8. The van der Waals surface area contributed by atoms with Crippen molar-refractivity contribution in [3.05, 3.63) is 65.5 Å². The number of methoxy groups -OCH3 is 1. The van der Waals surface area contributed by atoms with Gasteiger partial charge in [-0.25, -0.2) is 4.39 Å². The van der Waals surface area contributed by atoms with Crippen LogP contribution in [0.25, 0.3) is 5.57 Å². The number of nitrogens with one attached hydrogen (secondary N) is 1. The Morgan fingerprint density at radius 3 is 2.53 bits per heavy atom. The Hall–Kier alpha value is -2.86. The van der Waals surface area contributed by atoms with Crippen LogP contribution >= 0.6 is 0 Å². The molecular formula is C30H37FN2O3. The van der Waals surface area contributed by atoms with Crippen LogP contribution in [0, 0.1) is 17.7 Å². The minimum atomic E-state index is -0.238.